The highest BCUT2D eigenvalue weighted by atomic mass is 16.3. The van der Waals surface area contributed by atoms with Gasteiger partial charge in [0.05, 0.1) is 6.04 Å². The molecule has 0 aromatic rings. The summed E-state index contributed by atoms with van der Waals surface area (Å²) >= 11 is 0. The van der Waals surface area contributed by atoms with Crippen LogP contribution in [0.2, 0.25) is 0 Å². The van der Waals surface area contributed by atoms with Crippen molar-refractivity contribution in [1.82, 2.24) is 0 Å². The lowest BCUT2D eigenvalue weighted by Gasteiger charge is -2.00. The minimum absolute atomic E-state index is 0.0881. The molecule has 0 aliphatic heterocycles. The van der Waals surface area contributed by atoms with Gasteiger partial charge in [-0.1, -0.05) is 0 Å². The van der Waals surface area contributed by atoms with E-state index in [0.717, 1.165) is 0 Å². The van der Waals surface area contributed by atoms with E-state index < -0.39 is 17.9 Å². The van der Waals surface area contributed by atoms with Crippen molar-refractivity contribution in [3.63, 3.8) is 0 Å². The third-order valence-corrected chi connectivity index (χ3v) is 1.18. The Kier molecular flexibility index (Phi) is 4.54. The van der Waals surface area contributed by atoms with Gasteiger partial charge in [0, 0.05) is 16.8 Å². The lowest BCUT2D eigenvalue weighted by atomic mass is 10.1. The molecule has 0 fully saturated rings. The molecule has 7 nitrogen and oxygen atoms in total. The van der Waals surface area contributed by atoms with Crippen LogP contribution in [0.3, 0.4) is 0 Å². The monoisotopic (exact) mass is 173 g/mol. The molecule has 7 heteroatoms. The van der Waals surface area contributed by atoms with Crippen LogP contribution in [0.15, 0.2) is 10.4 Å². The number of nitrogens with two attached hydrogens (primary N) is 1. The Morgan fingerprint density at radius 3 is 2.25 bits per heavy atom. The highest BCUT2D eigenvalue weighted by molar-refractivity contribution is 5.83. The van der Waals surface area contributed by atoms with Gasteiger partial charge in [-0.25, -0.2) is 0 Å². The first kappa shape index (κ1) is 10.5. The van der Waals surface area contributed by atoms with E-state index in [9.17, 15) is 19.4 Å². The standard InChI is InChI=1S/C5H7N3O4/c6-3(5(10)8-12)1-2-4(9)7-11/h3H,1-2,6H2/t3-/m0/s1. The largest absolute Gasteiger partial charge is 0.320 e. The van der Waals surface area contributed by atoms with Gasteiger partial charge in [-0.15, -0.1) is 9.81 Å². The van der Waals surface area contributed by atoms with Gasteiger partial charge < -0.3 is 5.73 Å². The topological polar surface area (TPSA) is 119 Å². The number of carbonyl (C=O) groups excluding carboxylic acids is 2. The molecule has 0 unspecified atom stereocenters. The third-order valence-electron chi connectivity index (χ3n) is 1.18. The molecule has 12 heavy (non-hydrogen) atoms. The number of rotatable bonds is 4. The van der Waals surface area contributed by atoms with Crippen LogP contribution in [0.5, 0.6) is 0 Å². The lowest BCUT2D eigenvalue weighted by molar-refractivity contribution is -0.120. The predicted molar refractivity (Wildman–Crippen MR) is 38.8 cm³/mol. The summed E-state index contributed by atoms with van der Waals surface area (Å²) in [5, 5.41) is 4.14. The molecule has 0 spiro atoms. The van der Waals surface area contributed by atoms with Gasteiger partial charge in [-0.05, 0) is 6.42 Å². The molecule has 2 amide bonds. The maximum Gasteiger partial charge on any atom is 0.302 e. The smallest absolute Gasteiger partial charge is 0.302 e. The fourth-order valence-electron chi connectivity index (χ4n) is 0.516. The van der Waals surface area contributed by atoms with Crippen molar-refractivity contribution < 1.29 is 9.59 Å². The zero-order chi connectivity index (χ0) is 9.56. The van der Waals surface area contributed by atoms with Gasteiger partial charge in [0.1, 0.15) is 0 Å². The zero-order valence-electron chi connectivity index (χ0n) is 6.10. The molecule has 0 saturated heterocycles. The second-order valence-electron chi connectivity index (χ2n) is 2.06. The number of nitroso groups, excluding NO2 is 2. The van der Waals surface area contributed by atoms with E-state index in [-0.39, 0.29) is 12.8 Å². The van der Waals surface area contributed by atoms with Crippen LogP contribution in [0.25, 0.3) is 0 Å². The van der Waals surface area contributed by atoms with Crippen LogP contribution < -0.4 is 5.73 Å². The maximum absolute atomic E-state index is 10.4. The second-order valence-corrected chi connectivity index (χ2v) is 2.06. The number of nitrogens with zero attached hydrogens (tertiary/aromatic N) is 2. The van der Waals surface area contributed by atoms with Crippen LogP contribution in [0.1, 0.15) is 12.8 Å². The third kappa shape index (κ3) is 3.62. The molecular formula is C5H7N3O4. The molecule has 0 rings (SSSR count). The molecule has 1 atom stereocenters. The van der Waals surface area contributed by atoms with E-state index in [1.165, 1.54) is 0 Å². The fourth-order valence-corrected chi connectivity index (χ4v) is 0.516. The molecular weight excluding hydrogens is 166 g/mol. The molecule has 0 aliphatic rings. The first-order valence-corrected chi connectivity index (χ1v) is 3.10. The summed E-state index contributed by atoms with van der Waals surface area (Å²) in [6.07, 6.45) is -0.332. The average molecular weight is 173 g/mol. The van der Waals surface area contributed by atoms with E-state index in [1.807, 2.05) is 0 Å². The molecule has 0 heterocycles. The summed E-state index contributed by atoms with van der Waals surface area (Å²) in [6, 6.07) is -1.12. The van der Waals surface area contributed by atoms with Crippen molar-refractivity contribution in [2.75, 3.05) is 0 Å². The Morgan fingerprint density at radius 1 is 1.25 bits per heavy atom. The Hall–Kier alpha value is -1.50. The van der Waals surface area contributed by atoms with Crippen molar-refractivity contribution in [3.8, 4) is 0 Å². The summed E-state index contributed by atoms with van der Waals surface area (Å²) in [7, 11) is 0. The van der Waals surface area contributed by atoms with Gasteiger partial charge in [-0.2, -0.15) is 0 Å². The van der Waals surface area contributed by atoms with E-state index in [2.05, 4.69) is 10.4 Å². The van der Waals surface area contributed by atoms with Crippen LogP contribution in [0, 0.1) is 9.81 Å². The number of carbonyl (C=O) groups is 2. The van der Waals surface area contributed by atoms with E-state index in [0.29, 0.717) is 0 Å². The molecule has 0 aromatic heterocycles. The van der Waals surface area contributed by atoms with Gasteiger partial charge in [0.15, 0.2) is 0 Å². The Bertz CT molecular complexity index is 215. The average Bonchev–Trinajstić information content (AvgIpc) is 2.11. The second kappa shape index (κ2) is 5.19. The van der Waals surface area contributed by atoms with Crippen molar-refractivity contribution in [2.24, 2.45) is 16.1 Å². The molecule has 0 bridgehead atoms. The van der Waals surface area contributed by atoms with Crippen molar-refractivity contribution in [2.45, 2.75) is 18.9 Å². The van der Waals surface area contributed by atoms with Gasteiger partial charge in [-0.3, -0.25) is 9.59 Å². The fraction of sp³-hybridized carbons (Fsp3) is 0.600. The minimum atomic E-state index is -1.12. The van der Waals surface area contributed by atoms with E-state index in [4.69, 9.17) is 5.73 Å². The Labute approximate surface area is 67.3 Å². The van der Waals surface area contributed by atoms with Gasteiger partial charge in [0.25, 0.3) is 5.91 Å². The minimum Gasteiger partial charge on any atom is -0.320 e. The highest BCUT2D eigenvalue weighted by Crippen LogP contribution is 1.98. The first-order chi connectivity index (χ1) is 5.61. The Balaban J connectivity index is 3.78. The van der Waals surface area contributed by atoms with Gasteiger partial charge >= 0.3 is 5.91 Å². The SMILES string of the molecule is N[C@@H](CCC(=O)N=O)C(=O)N=O. The number of hydrogen-bond donors (Lipinski definition) is 1. The van der Waals surface area contributed by atoms with Crippen LogP contribution in [0.4, 0.5) is 0 Å². The van der Waals surface area contributed by atoms with E-state index in [1.54, 1.807) is 0 Å². The maximum atomic E-state index is 10.4. The normalized spacial score (nSPS) is 11.8. The summed E-state index contributed by atoms with van der Waals surface area (Å²) in [5.74, 6) is -1.93. The van der Waals surface area contributed by atoms with Crippen LogP contribution in [-0.4, -0.2) is 17.9 Å². The van der Waals surface area contributed by atoms with E-state index >= 15 is 0 Å². The molecule has 2 N–H and O–H groups in total. The van der Waals surface area contributed by atoms with Crippen LogP contribution >= 0.6 is 0 Å². The summed E-state index contributed by atoms with van der Waals surface area (Å²) in [5.41, 5.74) is 5.09. The quantitative estimate of drug-likeness (QED) is 0.584. The Morgan fingerprint density at radius 2 is 1.83 bits per heavy atom. The van der Waals surface area contributed by atoms with Gasteiger partial charge in [0.2, 0.25) is 0 Å². The lowest BCUT2D eigenvalue weighted by Crippen LogP contribution is -2.29. The summed E-state index contributed by atoms with van der Waals surface area (Å²) in [6.45, 7) is 0. The first-order valence-electron chi connectivity index (χ1n) is 3.10. The summed E-state index contributed by atoms with van der Waals surface area (Å²) < 4.78 is 0. The molecule has 0 radical (unpaired) electrons. The molecule has 0 saturated carbocycles. The predicted octanol–water partition coefficient (Wildman–Crippen LogP) is -0.320. The molecule has 0 aliphatic carbocycles. The van der Waals surface area contributed by atoms with Crippen molar-refractivity contribution >= 4 is 11.8 Å². The highest BCUT2D eigenvalue weighted by Gasteiger charge is 2.15. The van der Waals surface area contributed by atoms with Crippen molar-refractivity contribution in [1.29, 1.82) is 0 Å². The number of hydrogen-bond acceptors (Lipinski definition) is 5. The van der Waals surface area contributed by atoms with Crippen LogP contribution in [-0.2, 0) is 9.59 Å². The summed E-state index contributed by atoms with van der Waals surface area (Å²) in [4.78, 5) is 39.8. The van der Waals surface area contributed by atoms with Crippen molar-refractivity contribution in [3.05, 3.63) is 9.81 Å². The molecule has 66 valence electrons. The number of amides is 2. The zero-order valence-corrected chi connectivity index (χ0v) is 6.10. The molecule has 0 aromatic carbocycles.